The Labute approximate surface area is 178 Å². The molecular formula is C22H21ClN6O. The first-order valence-corrected chi connectivity index (χ1v) is 10.3. The second-order valence-electron chi connectivity index (χ2n) is 7.44. The Morgan fingerprint density at radius 1 is 1.03 bits per heavy atom. The number of H-pyrrole nitrogens is 1. The Kier molecular flexibility index (Phi) is 4.98. The summed E-state index contributed by atoms with van der Waals surface area (Å²) in [5.41, 5.74) is 4.23. The summed E-state index contributed by atoms with van der Waals surface area (Å²) in [6.45, 7) is 3.72. The average Bonchev–Trinajstić information content (AvgIpc) is 3.41. The van der Waals surface area contributed by atoms with Crippen molar-refractivity contribution >= 4 is 23.2 Å². The number of pyridine rings is 1. The molecule has 5 rings (SSSR count). The fourth-order valence-electron chi connectivity index (χ4n) is 3.88. The zero-order chi connectivity index (χ0) is 20.5. The maximum atomic E-state index is 13.1. The molecule has 1 aromatic carbocycles. The van der Waals surface area contributed by atoms with E-state index < -0.39 is 0 Å². The maximum absolute atomic E-state index is 13.1. The van der Waals surface area contributed by atoms with Gasteiger partial charge in [0.05, 0.1) is 28.2 Å². The molecule has 152 valence electrons. The number of hydrogen-bond acceptors (Lipinski definition) is 4. The van der Waals surface area contributed by atoms with Crippen molar-refractivity contribution in [2.75, 3.05) is 26.2 Å². The van der Waals surface area contributed by atoms with Crippen molar-refractivity contribution in [2.45, 2.75) is 6.54 Å². The first kappa shape index (κ1) is 18.8. The van der Waals surface area contributed by atoms with Crippen LogP contribution in [-0.4, -0.2) is 61.5 Å². The van der Waals surface area contributed by atoms with Gasteiger partial charge in [-0.3, -0.25) is 14.8 Å². The van der Waals surface area contributed by atoms with E-state index in [0.717, 1.165) is 42.2 Å². The van der Waals surface area contributed by atoms with E-state index in [0.29, 0.717) is 23.7 Å². The number of benzene rings is 1. The Morgan fingerprint density at radius 2 is 1.83 bits per heavy atom. The molecular weight excluding hydrogens is 400 g/mol. The number of nitrogens with zero attached hydrogens (tertiary/aromatic N) is 5. The molecule has 0 aliphatic carbocycles. The molecule has 1 aliphatic heterocycles. The zero-order valence-corrected chi connectivity index (χ0v) is 17.1. The van der Waals surface area contributed by atoms with Crippen molar-refractivity contribution in [3.63, 3.8) is 0 Å². The van der Waals surface area contributed by atoms with Crippen molar-refractivity contribution in [1.29, 1.82) is 0 Å². The van der Waals surface area contributed by atoms with Crippen molar-refractivity contribution in [3.05, 3.63) is 77.3 Å². The number of piperazine rings is 1. The van der Waals surface area contributed by atoms with Crippen molar-refractivity contribution < 1.29 is 4.79 Å². The lowest BCUT2D eigenvalue weighted by atomic mass is 10.1. The van der Waals surface area contributed by atoms with Crippen LogP contribution in [0.4, 0.5) is 0 Å². The van der Waals surface area contributed by atoms with Gasteiger partial charge in [0.15, 0.2) is 0 Å². The molecule has 1 aliphatic rings. The highest BCUT2D eigenvalue weighted by Crippen LogP contribution is 2.22. The van der Waals surface area contributed by atoms with E-state index >= 15 is 0 Å². The van der Waals surface area contributed by atoms with Crippen molar-refractivity contribution in [3.8, 4) is 11.3 Å². The number of aromatic nitrogens is 4. The Balaban J connectivity index is 1.24. The Hall–Kier alpha value is -3.16. The van der Waals surface area contributed by atoms with Crippen LogP contribution < -0.4 is 0 Å². The Morgan fingerprint density at radius 3 is 2.63 bits per heavy atom. The maximum Gasteiger partial charge on any atom is 0.257 e. The van der Waals surface area contributed by atoms with Crippen LogP contribution in [0.2, 0.25) is 5.02 Å². The third-order valence-corrected chi connectivity index (χ3v) is 5.67. The molecule has 0 spiro atoms. The minimum atomic E-state index is 0.0182. The highest BCUT2D eigenvalue weighted by molar-refractivity contribution is 6.30. The molecule has 1 amide bonds. The normalized spacial score (nSPS) is 15.0. The van der Waals surface area contributed by atoms with E-state index in [4.69, 9.17) is 11.6 Å². The monoisotopic (exact) mass is 420 g/mol. The summed E-state index contributed by atoms with van der Waals surface area (Å²) in [6, 6.07) is 13.6. The first-order chi connectivity index (χ1) is 14.7. The molecule has 0 unspecified atom stereocenters. The summed E-state index contributed by atoms with van der Waals surface area (Å²) in [5.74, 6) is 0.0182. The van der Waals surface area contributed by atoms with Gasteiger partial charge in [0.1, 0.15) is 5.65 Å². The van der Waals surface area contributed by atoms with Gasteiger partial charge in [-0.05, 0) is 12.1 Å². The van der Waals surface area contributed by atoms with Gasteiger partial charge in [0.2, 0.25) is 0 Å². The van der Waals surface area contributed by atoms with Crippen LogP contribution in [0.3, 0.4) is 0 Å². The second kappa shape index (κ2) is 7.93. The first-order valence-electron chi connectivity index (χ1n) is 9.91. The number of amides is 1. The van der Waals surface area contributed by atoms with Crippen LogP contribution in [0.25, 0.3) is 16.9 Å². The van der Waals surface area contributed by atoms with Gasteiger partial charge in [0.25, 0.3) is 5.91 Å². The van der Waals surface area contributed by atoms with Crippen molar-refractivity contribution in [2.24, 2.45) is 0 Å². The molecule has 4 heterocycles. The minimum Gasteiger partial charge on any atom is -0.336 e. The third-order valence-electron chi connectivity index (χ3n) is 5.44. The van der Waals surface area contributed by atoms with Crippen LogP contribution in [0.1, 0.15) is 16.1 Å². The highest BCUT2D eigenvalue weighted by Gasteiger charge is 2.25. The summed E-state index contributed by atoms with van der Waals surface area (Å²) in [5, 5.41) is 7.77. The van der Waals surface area contributed by atoms with Gasteiger partial charge in [-0.25, -0.2) is 4.98 Å². The van der Waals surface area contributed by atoms with Gasteiger partial charge in [-0.2, -0.15) is 5.10 Å². The fraction of sp³-hybridized carbons (Fsp3) is 0.227. The van der Waals surface area contributed by atoms with Crippen LogP contribution in [0.5, 0.6) is 0 Å². The average molecular weight is 421 g/mol. The number of nitrogens with one attached hydrogen (secondary N) is 1. The van der Waals surface area contributed by atoms with Crippen molar-refractivity contribution in [1.82, 2.24) is 29.4 Å². The quantitative estimate of drug-likeness (QED) is 0.549. The standard InChI is InChI=1S/C22H21ClN6O/c23-17-6-7-20-25-18(15-29(20)13-17)14-27-8-10-28(11-9-27)22(30)19-12-24-26-21(19)16-4-2-1-3-5-16/h1-7,12-13,15H,8-11,14H2,(H,24,26). The van der Waals surface area contributed by atoms with Crippen LogP contribution in [0.15, 0.2) is 61.1 Å². The van der Waals surface area contributed by atoms with E-state index in [1.165, 1.54) is 0 Å². The van der Waals surface area contributed by atoms with E-state index in [-0.39, 0.29) is 5.91 Å². The molecule has 1 saturated heterocycles. The zero-order valence-electron chi connectivity index (χ0n) is 16.3. The SMILES string of the molecule is O=C(c1cn[nH]c1-c1ccccc1)N1CCN(Cc2cn3cc(Cl)ccc3n2)CC1. The second-order valence-corrected chi connectivity index (χ2v) is 7.87. The molecule has 3 aromatic heterocycles. The predicted molar refractivity (Wildman–Crippen MR) is 115 cm³/mol. The molecule has 30 heavy (non-hydrogen) atoms. The van der Waals surface area contributed by atoms with E-state index in [2.05, 4.69) is 20.1 Å². The molecule has 1 fully saturated rings. The van der Waals surface area contributed by atoms with Gasteiger partial charge in [-0.1, -0.05) is 41.9 Å². The number of carbonyl (C=O) groups is 1. The van der Waals surface area contributed by atoms with E-state index in [1.54, 1.807) is 6.20 Å². The number of fused-ring (bicyclic) bond motifs is 1. The minimum absolute atomic E-state index is 0.0182. The van der Waals surface area contributed by atoms with Gasteiger partial charge < -0.3 is 9.30 Å². The number of aromatic amines is 1. The Bertz CT molecular complexity index is 1180. The van der Waals surface area contributed by atoms with Crippen LogP contribution in [-0.2, 0) is 6.54 Å². The number of hydrogen-bond donors (Lipinski definition) is 1. The summed E-state index contributed by atoms with van der Waals surface area (Å²) >= 11 is 6.05. The van der Waals surface area contributed by atoms with Gasteiger partial charge in [0, 0.05) is 50.7 Å². The summed E-state index contributed by atoms with van der Waals surface area (Å²) < 4.78 is 1.95. The molecule has 0 bridgehead atoms. The molecule has 0 saturated carbocycles. The number of carbonyl (C=O) groups excluding carboxylic acids is 1. The van der Waals surface area contributed by atoms with Gasteiger partial charge >= 0.3 is 0 Å². The fourth-order valence-corrected chi connectivity index (χ4v) is 4.04. The molecule has 4 aromatic rings. The third kappa shape index (κ3) is 3.69. The molecule has 0 atom stereocenters. The lowest BCUT2D eigenvalue weighted by molar-refractivity contribution is 0.0628. The summed E-state index contributed by atoms with van der Waals surface area (Å²) in [7, 11) is 0. The van der Waals surface area contributed by atoms with E-state index in [1.807, 2.05) is 64.2 Å². The van der Waals surface area contributed by atoms with E-state index in [9.17, 15) is 4.79 Å². The summed E-state index contributed by atoms with van der Waals surface area (Å²) in [4.78, 5) is 22.0. The lowest BCUT2D eigenvalue weighted by Gasteiger charge is -2.34. The van der Waals surface area contributed by atoms with Gasteiger partial charge in [-0.15, -0.1) is 0 Å². The molecule has 1 N–H and O–H groups in total. The highest BCUT2D eigenvalue weighted by atomic mass is 35.5. The largest absolute Gasteiger partial charge is 0.336 e. The molecule has 0 radical (unpaired) electrons. The predicted octanol–water partition coefficient (Wildman–Crippen LogP) is 3.34. The molecule has 8 heteroatoms. The number of halogens is 1. The lowest BCUT2D eigenvalue weighted by Crippen LogP contribution is -2.48. The number of rotatable bonds is 4. The van der Waals surface area contributed by atoms with Crippen LogP contribution in [0, 0.1) is 0 Å². The smallest absolute Gasteiger partial charge is 0.257 e. The number of imidazole rings is 1. The molecule has 7 nitrogen and oxygen atoms in total. The summed E-state index contributed by atoms with van der Waals surface area (Å²) in [6.07, 6.45) is 5.49. The topological polar surface area (TPSA) is 69.5 Å². The van der Waals surface area contributed by atoms with Crippen LogP contribution >= 0.6 is 11.6 Å².